The highest BCUT2D eigenvalue weighted by Gasteiger charge is 1.89. The van der Waals surface area contributed by atoms with Crippen molar-refractivity contribution in [1.82, 2.24) is 0 Å². The van der Waals surface area contributed by atoms with E-state index in [9.17, 15) is 0 Å². The van der Waals surface area contributed by atoms with Gasteiger partial charge in [-0.2, -0.15) is 5.26 Å². The van der Waals surface area contributed by atoms with E-state index in [2.05, 4.69) is 31.8 Å². The molecule has 0 aliphatic rings. The largest absolute Gasteiger partial charge is 0.192 e. The molecule has 0 aliphatic heterocycles. The van der Waals surface area contributed by atoms with Crippen LogP contribution in [0.5, 0.6) is 0 Å². The number of hydrogen-bond donors (Lipinski definition) is 0. The molecular weight excluding hydrogens is 158 g/mol. The fraction of sp³-hybridized carbons (Fsp3) is 0.250. The molecule has 1 nitrogen and oxygen atoms in total. The van der Waals surface area contributed by atoms with E-state index < -0.39 is 0 Å². The van der Waals surface area contributed by atoms with Crippen molar-refractivity contribution in [3.05, 3.63) is 35.4 Å². The Bertz CT molecular complexity index is 368. The molecule has 0 aromatic heterocycles. The molecule has 0 atom stereocenters. The number of nitriles is 1. The van der Waals surface area contributed by atoms with E-state index in [0.717, 1.165) is 5.56 Å². The Morgan fingerprint density at radius 3 is 2.08 bits per heavy atom. The Kier molecular flexibility index (Phi) is 3.12. The summed E-state index contributed by atoms with van der Waals surface area (Å²) in [6.07, 6.45) is 0. The third kappa shape index (κ3) is 3.01. The van der Waals surface area contributed by atoms with Crippen LogP contribution in [-0.2, 0) is 0 Å². The molecule has 0 bridgehead atoms. The van der Waals surface area contributed by atoms with Crippen LogP contribution in [0.4, 0.5) is 0 Å². The van der Waals surface area contributed by atoms with Crippen LogP contribution in [0.2, 0.25) is 0 Å². The van der Waals surface area contributed by atoms with Gasteiger partial charge in [-0.05, 0) is 24.3 Å². The van der Waals surface area contributed by atoms with Crippen LogP contribution in [0.3, 0.4) is 0 Å². The minimum atomic E-state index is 0.385. The van der Waals surface area contributed by atoms with Crippen LogP contribution in [0, 0.1) is 29.1 Å². The first-order chi connectivity index (χ1) is 6.22. The van der Waals surface area contributed by atoms with Gasteiger partial charge in [-0.3, -0.25) is 0 Å². The Morgan fingerprint density at radius 1 is 1.08 bits per heavy atom. The molecule has 0 saturated heterocycles. The fourth-order valence-corrected chi connectivity index (χ4v) is 0.856. The molecule has 0 saturated carbocycles. The fourth-order valence-electron chi connectivity index (χ4n) is 0.856. The molecule has 0 radical (unpaired) electrons. The first-order valence-electron chi connectivity index (χ1n) is 4.24. The molecule has 0 N–H and O–H groups in total. The van der Waals surface area contributed by atoms with Crippen LogP contribution in [0.1, 0.15) is 25.0 Å². The Morgan fingerprint density at radius 2 is 1.62 bits per heavy atom. The Labute approximate surface area is 79.0 Å². The third-order valence-electron chi connectivity index (χ3n) is 1.52. The maximum atomic E-state index is 8.56. The average molecular weight is 169 g/mol. The van der Waals surface area contributed by atoms with E-state index in [1.807, 2.05) is 12.1 Å². The molecule has 64 valence electrons. The molecule has 1 heteroatoms. The molecule has 1 rings (SSSR count). The second kappa shape index (κ2) is 4.33. The zero-order valence-electron chi connectivity index (χ0n) is 7.83. The molecule has 0 heterocycles. The summed E-state index contributed by atoms with van der Waals surface area (Å²) in [6, 6.07) is 9.37. The van der Waals surface area contributed by atoms with Gasteiger partial charge in [0.2, 0.25) is 0 Å². The average Bonchev–Trinajstić information content (AvgIpc) is 2.15. The molecule has 0 amide bonds. The quantitative estimate of drug-likeness (QED) is 0.547. The van der Waals surface area contributed by atoms with Crippen LogP contribution < -0.4 is 0 Å². The van der Waals surface area contributed by atoms with E-state index in [0.29, 0.717) is 11.5 Å². The molecule has 0 fully saturated rings. The van der Waals surface area contributed by atoms with E-state index in [-0.39, 0.29) is 0 Å². The van der Waals surface area contributed by atoms with E-state index in [1.165, 1.54) is 0 Å². The van der Waals surface area contributed by atoms with Gasteiger partial charge in [0.25, 0.3) is 0 Å². The molecule has 1 aromatic carbocycles. The summed E-state index contributed by atoms with van der Waals surface area (Å²) in [5, 5.41) is 8.56. The Hall–Kier alpha value is -1.73. The minimum Gasteiger partial charge on any atom is -0.192 e. The predicted molar refractivity (Wildman–Crippen MR) is 52.9 cm³/mol. The zero-order valence-corrected chi connectivity index (χ0v) is 7.83. The van der Waals surface area contributed by atoms with Gasteiger partial charge in [-0.1, -0.05) is 25.7 Å². The lowest BCUT2D eigenvalue weighted by atomic mass is 10.1. The normalized spacial score (nSPS) is 8.77. The van der Waals surface area contributed by atoms with Crippen LogP contribution in [-0.4, -0.2) is 0 Å². The monoisotopic (exact) mass is 169 g/mol. The van der Waals surface area contributed by atoms with Crippen LogP contribution in [0.15, 0.2) is 24.3 Å². The number of hydrogen-bond acceptors (Lipinski definition) is 1. The molecule has 0 aliphatic carbocycles. The second-order valence-corrected chi connectivity index (χ2v) is 3.11. The van der Waals surface area contributed by atoms with Gasteiger partial charge in [0.1, 0.15) is 0 Å². The lowest BCUT2D eigenvalue weighted by Crippen LogP contribution is -1.80. The molecular formula is C12H11N. The molecule has 0 unspecified atom stereocenters. The molecule has 0 spiro atoms. The molecule has 13 heavy (non-hydrogen) atoms. The smallest absolute Gasteiger partial charge is 0.0991 e. The van der Waals surface area contributed by atoms with Crippen LogP contribution >= 0.6 is 0 Å². The third-order valence-corrected chi connectivity index (χ3v) is 1.52. The van der Waals surface area contributed by atoms with E-state index >= 15 is 0 Å². The van der Waals surface area contributed by atoms with E-state index in [1.54, 1.807) is 12.1 Å². The van der Waals surface area contributed by atoms with Gasteiger partial charge in [0, 0.05) is 11.5 Å². The highest BCUT2D eigenvalue weighted by Crippen LogP contribution is 2.01. The zero-order chi connectivity index (χ0) is 9.68. The first kappa shape index (κ1) is 9.36. The highest BCUT2D eigenvalue weighted by molar-refractivity contribution is 5.39. The van der Waals surface area contributed by atoms with Gasteiger partial charge < -0.3 is 0 Å². The van der Waals surface area contributed by atoms with Crippen molar-refractivity contribution >= 4 is 0 Å². The molecule has 1 aromatic rings. The summed E-state index contributed by atoms with van der Waals surface area (Å²) in [5.41, 5.74) is 1.64. The predicted octanol–water partition coefficient (Wildman–Crippen LogP) is 2.57. The van der Waals surface area contributed by atoms with Crippen molar-refractivity contribution in [2.24, 2.45) is 5.92 Å². The topological polar surface area (TPSA) is 23.8 Å². The standard InChI is InChI=1S/C12H11N/c1-10(2)3-4-11-5-7-12(9-13)8-6-11/h5-8,10H,1-2H3. The summed E-state index contributed by atoms with van der Waals surface area (Å²) in [7, 11) is 0. The summed E-state index contributed by atoms with van der Waals surface area (Å²) < 4.78 is 0. The van der Waals surface area contributed by atoms with Crippen molar-refractivity contribution < 1.29 is 0 Å². The highest BCUT2D eigenvalue weighted by atomic mass is 14.2. The van der Waals surface area contributed by atoms with Gasteiger partial charge in [-0.15, -0.1) is 0 Å². The van der Waals surface area contributed by atoms with Crippen molar-refractivity contribution in [3.8, 4) is 17.9 Å². The minimum absolute atomic E-state index is 0.385. The number of benzene rings is 1. The maximum Gasteiger partial charge on any atom is 0.0991 e. The Balaban J connectivity index is 2.84. The van der Waals surface area contributed by atoms with Gasteiger partial charge >= 0.3 is 0 Å². The van der Waals surface area contributed by atoms with Crippen molar-refractivity contribution in [1.29, 1.82) is 5.26 Å². The number of rotatable bonds is 0. The van der Waals surface area contributed by atoms with Crippen molar-refractivity contribution in [2.45, 2.75) is 13.8 Å². The van der Waals surface area contributed by atoms with Gasteiger partial charge in [0.15, 0.2) is 0 Å². The lowest BCUT2D eigenvalue weighted by molar-refractivity contribution is 0.866. The van der Waals surface area contributed by atoms with Crippen molar-refractivity contribution in [2.75, 3.05) is 0 Å². The summed E-state index contributed by atoms with van der Waals surface area (Å²) in [6.45, 7) is 4.10. The van der Waals surface area contributed by atoms with Crippen molar-refractivity contribution in [3.63, 3.8) is 0 Å². The van der Waals surface area contributed by atoms with Crippen LogP contribution in [0.25, 0.3) is 0 Å². The SMILES string of the molecule is CC(C)C#Cc1ccc(C#N)cc1. The lowest BCUT2D eigenvalue weighted by Gasteiger charge is -1.91. The first-order valence-corrected chi connectivity index (χ1v) is 4.24. The number of nitrogens with zero attached hydrogens (tertiary/aromatic N) is 1. The maximum absolute atomic E-state index is 8.56. The van der Waals surface area contributed by atoms with E-state index in [4.69, 9.17) is 5.26 Å². The van der Waals surface area contributed by atoms with Gasteiger partial charge in [0.05, 0.1) is 11.6 Å². The summed E-state index contributed by atoms with van der Waals surface area (Å²) >= 11 is 0. The second-order valence-electron chi connectivity index (χ2n) is 3.11. The summed E-state index contributed by atoms with van der Waals surface area (Å²) in [5.74, 6) is 6.49. The summed E-state index contributed by atoms with van der Waals surface area (Å²) in [4.78, 5) is 0. The van der Waals surface area contributed by atoms with Gasteiger partial charge in [-0.25, -0.2) is 0 Å².